The van der Waals surface area contributed by atoms with Crippen LogP contribution < -0.4 is 0 Å². The van der Waals surface area contributed by atoms with Gasteiger partial charge < -0.3 is 9.42 Å². The Kier molecular flexibility index (Phi) is 4.53. The molecule has 2 aliphatic heterocycles. The third kappa shape index (κ3) is 3.26. The highest BCUT2D eigenvalue weighted by Crippen LogP contribution is 2.42. The van der Waals surface area contributed by atoms with Crippen molar-refractivity contribution in [2.45, 2.75) is 39.2 Å². The second-order valence-corrected chi connectivity index (χ2v) is 7.71. The van der Waals surface area contributed by atoms with Gasteiger partial charge in [-0.1, -0.05) is 42.4 Å². The van der Waals surface area contributed by atoms with Crippen molar-refractivity contribution in [3.8, 4) is 0 Å². The lowest BCUT2D eigenvalue weighted by molar-refractivity contribution is -0.142. The Morgan fingerprint density at radius 1 is 1.27 bits per heavy atom. The molecule has 26 heavy (non-hydrogen) atoms. The van der Waals surface area contributed by atoms with E-state index in [1.807, 2.05) is 30.0 Å². The third-order valence-electron chi connectivity index (χ3n) is 5.77. The van der Waals surface area contributed by atoms with Crippen LogP contribution in [-0.4, -0.2) is 52.0 Å². The third-order valence-corrected chi connectivity index (χ3v) is 5.77. The molecule has 138 valence electrons. The predicted octanol–water partition coefficient (Wildman–Crippen LogP) is 2.67. The van der Waals surface area contributed by atoms with Crippen molar-refractivity contribution >= 4 is 5.91 Å². The fraction of sp³-hybridized carbons (Fsp3) is 0.550. The number of carbonyl (C=O) groups excluding carboxylic acids is 1. The van der Waals surface area contributed by atoms with Crippen LogP contribution in [-0.2, 0) is 11.2 Å². The number of hydrogen-bond donors (Lipinski definition) is 0. The minimum absolute atomic E-state index is 0.113. The molecule has 1 spiro atoms. The number of aromatic nitrogens is 2. The Bertz CT molecular complexity index is 767. The first-order chi connectivity index (χ1) is 12.6. The second kappa shape index (κ2) is 6.83. The summed E-state index contributed by atoms with van der Waals surface area (Å²) in [6, 6.07) is 10.3. The van der Waals surface area contributed by atoms with Crippen LogP contribution in [0.1, 0.15) is 50.0 Å². The van der Waals surface area contributed by atoms with Crippen LogP contribution in [0.15, 0.2) is 34.9 Å². The van der Waals surface area contributed by atoms with Gasteiger partial charge in [-0.25, -0.2) is 0 Å². The quantitative estimate of drug-likeness (QED) is 0.826. The Balaban J connectivity index is 1.36. The van der Waals surface area contributed by atoms with Gasteiger partial charge in [-0.2, -0.15) is 4.98 Å². The topological polar surface area (TPSA) is 62.5 Å². The molecular weight excluding hydrogens is 328 g/mol. The van der Waals surface area contributed by atoms with Crippen LogP contribution in [0.25, 0.3) is 0 Å². The normalized spacial score (nSPS) is 20.3. The van der Waals surface area contributed by atoms with E-state index >= 15 is 0 Å². The Morgan fingerprint density at radius 2 is 2.04 bits per heavy atom. The number of rotatable bonds is 5. The van der Waals surface area contributed by atoms with E-state index in [0.29, 0.717) is 18.7 Å². The standard InChI is InChI=1S/C20H26N4O2/c1-3-18(25)24-13-20(14-24)9-10-23(12-20)15(2)19-21-17(22-26-19)11-16-7-5-4-6-8-16/h4-8,15H,3,9-14H2,1-2H3. The van der Waals surface area contributed by atoms with Gasteiger partial charge in [-0.15, -0.1) is 0 Å². The monoisotopic (exact) mass is 354 g/mol. The number of amides is 1. The van der Waals surface area contributed by atoms with Crippen molar-refractivity contribution in [3.05, 3.63) is 47.6 Å². The summed E-state index contributed by atoms with van der Waals surface area (Å²) in [6.07, 6.45) is 2.42. The highest BCUT2D eigenvalue weighted by atomic mass is 16.5. The maximum atomic E-state index is 11.8. The molecule has 1 amide bonds. The van der Waals surface area contributed by atoms with Crippen molar-refractivity contribution < 1.29 is 9.32 Å². The van der Waals surface area contributed by atoms with E-state index in [1.165, 1.54) is 5.56 Å². The molecule has 3 heterocycles. The molecule has 6 nitrogen and oxygen atoms in total. The largest absolute Gasteiger partial charge is 0.341 e. The maximum absolute atomic E-state index is 11.8. The molecule has 1 aromatic carbocycles. The molecule has 4 rings (SSSR count). The first-order valence-corrected chi connectivity index (χ1v) is 9.47. The average molecular weight is 354 g/mol. The zero-order valence-corrected chi connectivity index (χ0v) is 15.5. The van der Waals surface area contributed by atoms with E-state index in [9.17, 15) is 4.79 Å². The van der Waals surface area contributed by atoms with Crippen molar-refractivity contribution in [1.82, 2.24) is 19.9 Å². The van der Waals surface area contributed by atoms with E-state index in [4.69, 9.17) is 4.52 Å². The zero-order chi connectivity index (χ0) is 18.1. The summed E-state index contributed by atoms with van der Waals surface area (Å²) in [6.45, 7) is 7.87. The molecule has 2 aromatic rings. The van der Waals surface area contributed by atoms with Crippen molar-refractivity contribution in [3.63, 3.8) is 0 Å². The Morgan fingerprint density at radius 3 is 2.77 bits per heavy atom. The SMILES string of the molecule is CCC(=O)N1CC2(CCN(C(C)c3nc(Cc4ccccc4)no3)C2)C1. The highest BCUT2D eigenvalue weighted by Gasteiger charge is 2.50. The highest BCUT2D eigenvalue weighted by molar-refractivity contribution is 5.76. The van der Waals surface area contributed by atoms with Gasteiger partial charge in [0, 0.05) is 37.9 Å². The van der Waals surface area contributed by atoms with E-state index < -0.39 is 0 Å². The fourth-order valence-corrected chi connectivity index (χ4v) is 4.17. The molecule has 0 saturated carbocycles. The summed E-state index contributed by atoms with van der Waals surface area (Å²) in [7, 11) is 0. The fourth-order valence-electron chi connectivity index (χ4n) is 4.17. The number of nitrogens with zero attached hydrogens (tertiary/aromatic N) is 4. The maximum Gasteiger partial charge on any atom is 0.243 e. The molecule has 1 unspecified atom stereocenters. The molecule has 2 aliphatic rings. The van der Waals surface area contributed by atoms with Crippen molar-refractivity contribution in [2.75, 3.05) is 26.2 Å². The lowest BCUT2D eigenvalue weighted by atomic mass is 9.79. The average Bonchev–Trinajstić information content (AvgIpc) is 3.27. The Labute approximate surface area is 154 Å². The van der Waals surface area contributed by atoms with E-state index in [1.54, 1.807) is 0 Å². The molecule has 2 saturated heterocycles. The number of benzene rings is 1. The van der Waals surface area contributed by atoms with Crippen LogP contribution in [0.2, 0.25) is 0 Å². The van der Waals surface area contributed by atoms with Gasteiger partial charge in [0.1, 0.15) is 0 Å². The molecule has 0 N–H and O–H groups in total. The first-order valence-electron chi connectivity index (χ1n) is 9.47. The van der Waals surface area contributed by atoms with Gasteiger partial charge in [0.05, 0.1) is 6.04 Å². The first kappa shape index (κ1) is 17.2. The molecule has 0 radical (unpaired) electrons. The summed E-state index contributed by atoms with van der Waals surface area (Å²) >= 11 is 0. The summed E-state index contributed by atoms with van der Waals surface area (Å²) in [4.78, 5) is 20.8. The van der Waals surface area contributed by atoms with Crippen LogP contribution in [0, 0.1) is 5.41 Å². The predicted molar refractivity (Wildman–Crippen MR) is 97.5 cm³/mol. The molecule has 0 aliphatic carbocycles. The second-order valence-electron chi connectivity index (χ2n) is 7.71. The van der Waals surface area contributed by atoms with Crippen LogP contribution in [0.4, 0.5) is 0 Å². The van der Waals surface area contributed by atoms with Crippen LogP contribution in [0.5, 0.6) is 0 Å². The number of hydrogen-bond acceptors (Lipinski definition) is 5. The minimum atomic E-state index is 0.113. The van der Waals surface area contributed by atoms with Crippen LogP contribution >= 0.6 is 0 Å². The molecular formula is C20H26N4O2. The van der Waals surface area contributed by atoms with Gasteiger partial charge in [-0.3, -0.25) is 9.69 Å². The number of carbonyl (C=O) groups is 1. The summed E-state index contributed by atoms with van der Waals surface area (Å²) in [5.41, 5.74) is 1.45. The Hall–Kier alpha value is -2.21. The molecule has 1 atom stereocenters. The van der Waals surface area contributed by atoms with Gasteiger partial charge in [0.2, 0.25) is 11.8 Å². The molecule has 6 heteroatoms. The van der Waals surface area contributed by atoms with Gasteiger partial charge in [-0.05, 0) is 25.5 Å². The van der Waals surface area contributed by atoms with Gasteiger partial charge in [0.25, 0.3) is 0 Å². The smallest absolute Gasteiger partial charge is 0.243 e. The van der Waals surface area contributed by atoms with E-state index in [2.05, 4.69) is 34.1 Å². The van der Waals surface area contributed by atoms with Crippen molar-refractivity contribution in [1.29, 1.82) is 0 Å². The zero-order valence-electron chi connectivity index (χ0n) is 15.5. The molecule has 2 fully saturated rings. The molecule has 0 bridgehead atoms. The summed E-state index contributed by atoms with van der Waals surface area (Å²) < 4.78 is 5.54. The van der Waals surface area contributed by atoms with E-state index in [-0.39, 0.29) is 17.4 Å². The van der Waals surface area contributed by atoms with Crippen LogP contribution in [0.3, 0.4) is 0 Å². The number of likely N-dealkylation sites (tertiary alicyclic amines) is 2. The van der Waals surface area contributed by atoms with Crippen molar-refractivity contribution in [2.24, 2.45) is 5.41 Å². The summed E-state index contributed by atoms with van der Waals surface area (Å²) in [5, 5.41) is 4.16. The lowest BCUT2D eigenvalue weighted by Crippen LogP contribution is -2.59. The lowest BCUT2D eigenvalue weighted by Gasteiger charge is -2.48. The summed E-state index contributed by atoms with van der Waals surface area (Å²) in [5.74, 6) is 1.69. The minimum Gasteiger partial charge on any atom is -0.341 e. The van der Waals surface area contributed by atoms with Gasteiger partial charge >= 0.3 is 0 Å². The van der Waals surface area contributed by atoms with E-state index in [0.717, 1.165) is 38.4 Å². The van der Waals surface area contributed by atoms with Gasteiger partial charge in [0.15, 0.2) is 5.82 Å². The molecule has 1 aromatic heterocycles.